The summed E-state index contributed by atoms with van der Waals surface area (Å²) in [5.41, 5.74) is 1.83. The molecule has 1 aromatic carbocycles. The largest absolute Gasteiger partial charge is 0.385 e. The lowest BCUT2D eigenvalue weighted by atomic mass is 10.0. The zero-order chi connectivity index (χ0) is 13.7. The molecule has 1 aliphatic rings. The van der Waals surface area contributed by atoms with E-state index >= 15 is 0 Å². The van der Waals surface area contributed by atoms with Crippen molar-refractivity contribution >= 4 is 27.3 Å². The molecule has 1 saturated heterocycles. The second-order valence-electron chi connectivity index (χ2n) is 5.16. The molecule has 0 aliphatic carbocycles. The van der Waals surface area contributed by atoms with Crippen molar-refractivity contribution in [3.05, 3.63) is 29.8 Å². The van der Waals surface area contributed by atoms with Crippen molar-refractivity contribution in [3.63, 3.8) is 0 Å². The molecule has 0 atom stereocenters. The van der Waals surface area contributed by atoms with E-state index < -0.39 is 9.84 Å². The molecular weight excluding hydrogens is 278 g/mol. The van der Waals surface area contributed by atoms with Gasteiger partial charge in [0.25, 0.3) is 0 Å². The summed E-state index contributed by atoms with van der Waals surface area (Å²) in [6.45, 7) is 0.946. The third-order valence-electron chi connectivity index (χ3n) is 3.36. The average Bonchev–Trinajstić information content (AvgIpc) is 2.37. The Hall–Kier alpha value is -0.680. The van der Waals surface area contributed by atoms with Gasteiger partial charge in [-0.25, -0.2) is 8.42 Å². The maximum atomic E-state index is 11.4. The van der Waals surface area contributed by atoms with Gasteiger partial charge in [-0.05, 0) is 41.9 Å². The molecule has 19 heavy (non-hydrogen) atoms. The van der Waals surface area contributed by atoms with Gasteiger partial charge in [0.2, 0.25) is 0 Å². The second-order valence-corrected chi connectivity index (χ2v) is 8.53. The van der Waals surface area contributed by atoms with Gasteiger partial charge in [0.05, 0.1) is 5.75 Å². The van der Waals surface area contributed by atoms with Crippen LogP contribution in [0.25, 0.3) is 0 Å². The fourth-order valence-electron chi connectivity index (χ4n) is 2.31. The van der Waals surface area contributed by atoms with E-state index in [4.69, 9.17) is 0 Å². The van der Waals surface area contributed by atoms with Crippen molar-refractivity contribution in [3.8, 4) is 0 Å². The van der Waals surface area contributed by atoms with Gasteiger partial charge in [-0.1, -0.05) is 18.2 Å². The monoisotopic (exact) mass is 299 g/mol. The lowest BCUT2D eigenvalue weighted by Gasteiger charge is -2.22. The lowest BCUT2D eigenvalue weighted by Crippen LogP contribution is -2.19. The quantitative estimate of drug-likeness (QED) is 0.908. The first kappa shape index (κ1) is 14.7. The van der Waals surface area contributed by atoms with Crippen LogP contribution in [0.5, 0.6) is 0 Å². The van der Waals surface area contributed by atoms with Crippen LogP contribution in [0.4, 0.5) is 5.69 Å². The van der Waals surface area contributed by atoms with Crippen molar-refractivity contribution in [1.82, 2.24) is 0 Å². The number of anilines is 1. The molecule has 0 saturated carbocycles. The topological polar surface area (TPSA) is 46.2 Å². The number of para-hydroxylation sites is 1. The van der Waals surface area contributed by atoms with E-state index in [1.807, 2.05) is 36.0 Å². The third kappa shape index (κ3) is 5.07. The molecular formula is C14H21NO2S2. The zero-order valence-corrected chi connectivity index (χ0v) is 12.9. The van der Waals surface area contributed by atoms with Crippen LogP contribution < -0.4 is 5.32 Å². The van der Waals surface area contributed by atoms with E-state index in [-0.39, 0.29) is 5.75 Å². The van der Waals surface area contributed by atoms with Crippen LogP contribution in [0.1, 0.15) is 18.4 Å². The Labute approximate surface area is 120 Å². The van der Waals surface area contributed by atoms with Crippen LogP contribution in [0.2, 0.25) is 0 Å². The fourth-order valence-corrected chi connectivity index (χ4v) is 4.33. The van der Waals surface area contributed by atoms with E-state index in [0.717, 1.165) is 17.8 Å². The molecule has 106 valence electrons. The van der Waals surface area contributed by atoms with Gasteiger partial charge in [-0.2, -0.15) is 11.8 Å². The molecule has 0 unspecified atom stereocenters. The number of sulfone groups is 1. The Bertz CT molecular complexity index is 508. The van der Waals surface area contributed by atoms with E-state index in [1.54, 1.807) is 0 Å². The molecule has 5 heteroatoms. The highest BCUT2D eigenvalue weighted by Crippen LogP contribution is 2.24. The molecule has 1 N–H and O–H groups in total. The summed E-state index contributed by atoms with van der Waals surface area (Å²) in [4.78, 5) is 0. The molecule has 0 spiro atoms. The lowest BCUT2D eigenvalue weighted by molar-refractivity contribution is 0.516. The van der Waals surface area contributed by atoms with Crippen LogP contribution in [0.3, 0.4) is 0 Å². The number of hydrogen-bond acceptors (Lipinski definition) is 4. The minimum atomic E-state index is -2.99. The van der Waals surface area contributed by atoms with Gasteiger partial charge >= 0.3 is 0 Å². The van der Waals surface area contributed by atoms with Crippen LogP contribution in [0, 0.1) is 5.92 Å². The van der Waals surface area contributed by atoms with Gasteiger partial charge in [0, 0.05) is 18.5 Å². The smallest absolute Gasteiger partial charge is 0.151 e. The third-order valence-corrected chi connectivity index (χ3v) is 5.24. The van der Waals surface area contributed by atoms with Gasteiger partial charge in [0.1, 0.15) is 0 Å². The summed E-state index contributed by atoms with van der Waals surface area (Å²) in [6, 6.07) is 7.70. The first-order valence-electron chi connectivity index (χ1n) is 6.62. The summed E-state index contributed by atoms with van der Waals surface area (Å²) >= 11 is 2.02. The van der Waals surface area contributed by atoms with Crippen LogP contribution in [-0.4, -0.2) is 32.7 Å². The summed E-state index contributed by atoms with van der Waals surface area (Å²) in [5.74, 6) is 3.32. The molecule has 1 aliphatic heterocycles. The summed E-state index contributed by atoms with van der Waals surface area (Å²) in [7, 11) is -2.99. The second kappa shape index (κ2) is 6.66. The normalized spacial score (nSPS) is 17.3. The molecule has 0 bridgehead atoms. The molecule has 3 nitrogen and oxygen atoms in total. The molecule has 1 aromatic rings. The first-order valence-corrected chi connectivity index (χ1v) is 9.83. The van der Waals surface area contributed by atoms with Crippen molar-refractivity contribution in [1.29, 1.82) is 0 Å². The van der Waals surface area contributed by atoms with Crippen LogP contribution >= 0.6 is 11.8 Å². The zero-order valence-electron chi connectivity index (χ0n) is 11.3. The number of hydrogen-bond donors (Lipinski definition) is 1. The van der Waals surface area contributed by atoms with E-state index in [1.165, 1.54) is 30.6 Å². The van der Waals surface area contributed by atoms with Gasteiger partial charge in [-0.15, -0.1) is 0 Å². The van der Waals surface area contributed by atoms with Crippen LogP contribution in [0.15, 0.2) is 24.3 Å². The van der Waals surface area contributed by atoms with Gasteiger partial charge in [0.15, 0.2) is 9.84 Å². The minimum Gasteiger partial charge on any atom is -0.385 e. The SMILES string of the molecule is CS(=O)(=O)Cc1ccccc1NCC1CCSCC1. The summed E-state index contributed by atoms with van der Waals surface area (Å²) < 4.78 is 22.9. The Balaban J connectivity index is 1.99. The van der Waals surface area contributed by atoms with Crippen LogP contribution in [-0.2, 0) is 15.6 Å². The van der Waals surface area contributed by atoms with E-state index in [9.17, 15) is 8.42 Å². The predicted octanol–water partition coefficient (Wildman–Crippen LogP) is 2.79. The summed E-state index contributed by atoms with van der Waals surface area (Å²) in [6.07, 6.45) is 3.79. The number of thioether (sulfide) groups is 1. The van der Waals surface area contributed by atoms with E-state index in [0.29, 0.717) is 5.92 Å². The van der Waals surface area contributed by atoms with Crippen molar-refractivity contribution < 1.29 is 8.42 Å². The maximum Gasteiger partial charge on any atom is 0.151 e. The molecule has 0 radical (unpaired) electrons. The number of rotatable bonds is 5. The molecule has 0 amide bonds. The molecule has 2 rings (SSSR count). The highest BCUT2D eigenvalue weighted by atomic mass is 32.2. The Morgan fingerprint density at radius 2 is 1.95 bits per heavy atom. The van der Waals surface area contributed by atoms with Crippen molar-refractivity contribution in [2.24, 2.45) is 5.92 Å². The molecule has 1 fully saturated rings. The fraction of sp³-hybridized carbons (Fsp3) is 0.571. The average molecular weight is 299 g/mol. The Morgan fingerprint density at radius 1 is 1.26 bits per heavy atom. The Morgan fingerprint density at radius 3 is 2.63 bits per heavy atom. The van der Waals surface area contributed by atoms with Gasteiger partial charge in [-0.3, -0.25) is 0 Å². The first-order chi connectivity index (χ1) is 9.04. The minimum absolute atomic E-state index is 0.108. The Kier molecular flexibility index (Phi) is 5.16. The molecule has 0 aromatic heterocycles. The summed E-state index contributed by atoms with van der Waals surface area (Å²) in [5, 5.41) is 3.43. The van der Waals surface area contributed by atoms with Gasteiger partial charge < -0.3 is 5.32 Å². The highest BCUT2D eigenvalue weighted by Gasteiger charge is 2.14. The number of benzene rings is 1. The van der Waals surface area contributed by atoms with Crippen molar-refractivity contribution in [2.75, 3.05) is 29.6 Å². The standard InChI is InChI=1S/C14H21NO2S2/c1-19(16,17)11-13-4-2-3-5-14(13)15-10-12-6-8-18-9-7-12/h2-5,12,15H,6-11H2,1H3. The highest BCUT2D eigenvalue weighted by molar-refractivity contribution is 7.99. The maximum absolute atomic E-state index is 11.4. The van der Waals surface area contributed by atoms with E-state index in [2.05, 4.69) is 5.32 Å². The predicted molar refractivity (Wildman–Crippen MR) is 83.5 cm³/mol. The van der Waals surface area contributed by atoms with Crippen molar-refractivity contribution in [2.45, 2.75) is 18.6 Å². The molecule has 1 heterocycles. The number of nitrogens with one attached hydrogen (secondary N) is 1.